The number of piperidine rings is 1. The number of hydrogen-bond acceptors (Lipinski definition) is 7. The van der Waals surface area contributed by atoms with Crippen molar-refractivity contribution in [2.45, 2.75) is 39.0 Å². The van der Waals surface area contributed by atoms with Crippen molar-refractivity contribution >= 4 is 5.91 Å². The van der Waals surface area contributed by atoms with Crippen molar-refractivity contribution in [3.63, 3.8) is 0 Å². The van der Waals surface area contributed by atoms with Crippen LogP contribution in [0, 0.1) is 13.8 Å². The fraction of sp³-hybridized carbons (Fsp3) is 0.391. The van der Waals surface area contributed by atoms with Crippen LogP contribution in [0.4, 0.5) is 0 Å². The van der Waals surface area contributed by atoms with E-state index in [4.69, 9.17) is 19.0 Å². The SMILES string of the molecule is Cc1cc(-c2cnc(C)nc2C2CCN(C(=O)Cc3ccc4c(c3)OCO4)CC2)on1. The molecule has 31 heavy (non-hydrogen) atoms. The molecule has 8 nitrogen and oxygen atoms in total. The molecule has 1 amide bonds. The van der Waals surface area contributed by atoms with Crippen molar-refractivity contribution in [2.24, 2.45) is 0 Å². The van der Waals surface area contributed by atoms with Crippen molar-refractivity contribution < 1.29 is 18.8 Å². The smallest absolute Gasteiger partial charge is 0.231 e. The first kappa shape index (κ1) is 19.5. The summed E-state index contributed by atoms with van der Waals surface area (Å²) >= 11 is 0. The standard InChI is InChI=1S/C23H24N4O4/c1-14-9-20(31-26-14)18-12-24-15(2)25-23(18)17-5-7-27(8-6-17)22(28)11-16-3-4-19-21(10-16)30-13-29-19/h3-4,9-10,12,17H,5-8,11,13H2,1-2H3. The van der Waals surface area contributed by atoms with Crippen LogP contribution in [-0.2, 0) is 11.2 Å². The van der Waals surface area contributed by atoms with E-state index >= 15 is 0 Å². The normalized spacial score (nSPS) is 16.0. The molecule has 0 unspecified atom stereocenters. The van der Waals surface area contributed by atoms with Crippen LogP contribution in [0.3, 0.4) is 0 Å². The Kier molecular flexibility index (Phi) is 5.05. The van der Waals surface area contributed by atoms with Crippen LogP contribution < -0.4 is 9.47 Å². The van der Waals surface area contributed by atoms with Gasteiger partial charge in [0, 0.05) is 31.3 Å². The van der Waals surface area contributed by atoms with Crippen LogP contribution in [-0.4, -0.2) is 45.8 Å². The largest absolute Gasteiger partial charge is 0.454 e. The third-order valence-corrected chi connectivity index (χ3v) is 5.86. The summed E-state index contributed by atoms with van der Waals surface area (Å²) in [5.74, 6) is 3.23. The zero-order valence-electron chi connectivity index (χ0n) is 17.6. The van der Waals surface area contributed by atoms with E-state index in [1.165, 1.54) is 0 Å². The van der Waals surface area contributed by atoms with Crippen LogP contribution in [0.1, 0.15) is 41.5 Å². The molecule has 2 aliphatic rings. The van der Waals surface area contributed by atoms with Gasteiger partial charge in [-0.1, -0.05) is 11.2 Å². The molecule has 160 valence electrons. The Morgan fingerprint density at radius 2 is 1.94 bits per heavy atom. The molecule has 1 fully saturated rings. The molecule has 2 aromatic heterocycles. The van der Waals surface area contributed by atoms with E-state index in [0.29, 0.717) is 31.0 Å². The van der Waals surface area contributed by atoms with Crippen LogP contribution in [0.15, 0.2) is 35.0 Å². The molecular weight excluding hydrogens is 396 g/mol. The van der Waals surface area contributed by atoms with E-state index in [0.717, 1.165) is 46.9 Å². The zero-order valence-corrected chi connectivity index (χ0v) is 17.6. The number of aromatic nitrogens is 3. The molecule has 1 aromatic carbocycles. The first-order chi connectivity index (χ1) is 15.1. The van der Waals surface area contributed by atoms with E-state index in [-0.39, 0.29) is 18.6 Å². The van der Waals surface area contributed by atoms with Gasteiger partial charge in [0.15, 0.2) is 17.3 Å². The van der Waals surface area contributed by atoms with E-state index in [9.17, 15) is 4.79 Å². The summed E-state index contributed by atoms with van der Waals surface area (Å²) < 4.78 is 16.2. The highest BCUT2D eigenvalue weighted by Gasteiger charge is 2.28. The monoisotopic (exact) mass is 420 g/mol. The average molecular weight is 420 g/mol. The Balaban J connectivity index is 1.26. The number of nitrogens with zero attached hydrogens (tertiary/aromatic N) is 4. The first-order valence-electron chi connectivity index (χ1n) is 10.5. The fourth-order valence-electron chi connectivity index (χ4n) is 4.22. The van der Waals surface area contributed by atoms with Crippen LogP contribution in [0.25, 0.3) is 11.3 Å². The quantitative estimate of drug-likeness (QED) is 0.639. The summed E-state index contributed by atoms with van der Waals surface area (Å²) in [4.78, 5) is 23.9. The lowest BCUT2D eigenvalue weighted by Gasteiger charge is -2.32. The van der Waals surface area contributed by atoms with Gasteiger partial charge in [-0.25, -0.2) is 9.97 Å². The lowest BCUT2D eigenvalue weighted by molar-refractivity contribution is -0.131. The maximum Gasteiger partial charge on any atom is 0.231 e. The molecule has 3 aromatic rings. The zero-order chi connectivity index (χ0) is 21.4. The number of benzene rings is 1. The molecule has 0 aliphatic carbocycles. The highest BCUT2D eigenvalue weighted by atomic mass is 16.7. The maximum absolute atomic E-state index is 12.9. The molecule has 0 spiro atoms. The highest BCUT2D eigenvalue weighted by Crippen LogP contribution is 2.35. The van der Waals surface area contributed by atoms with Crippen molar-refractivity contribution in [3.8, 4) is 22.8 Å². The molecule has 2 aliphatic heterocycles. The minimum atomic E-state index is 0.127. The summed E-state index contributed by atoms with van der Waals surface area (Å²) in [5.41, 5.74) is 3.62. The number of carbonyl (C=O) groups is 1. The summed E-state index contributed by atoms with van der Waals surface area (Å²) in [7, 11) is 0. The Labute approximate surface area is 180 Å². The van der Waals surface area contributed by atoms with Gasteiger partial charge in [0.05, 0.1) is 23.4 Å². The van der Waals surface area contributed by atoms with Crippen molar-refractivity contribution in [1.82, 2.24) is 20.0 Å². The number of fused-ring (bicyclic) bond motifs is 1. The number of rotatable bonds is 4. The summed E-state index contributed by atoms with van der Waals surface area (Å²) in [6.07, 6.45) is 3.87. The number of ether oxygens (including phenoxy) is 2. The molecule has 1 saturated heterocycles. The summed E-state index contributed by atoms with van der Waals surface area (Å²) in [6.45, 7) is 5.42. The van der Waals surface area contributed by atoms with E-state index in [1.807, 2.05) is 49.2 Å². The van der Waals surface area contributed by atoms with E-state index in [1.54, 1.807) is 0 Å². The maximum atomic E-state index is 12.9. The number of hydrogen-bond donors (Lipinski definition) is 0. The lowest BCUT2D eigenvalue weighted by atomic mass is 9.90. The predicted molar refractivity (Wildman–Crippen MR) is 112 cm³/mol. The van der Waals surface area contributed by atoms with Gasteiger partial charge in [0.1, 0.15) is 5.82 Å². The van der Waals surface area contributed by atoms with Crippen molar-refractivity contribution in [2.75, 3.05) is 19.9 Å². The number of aryl methyl sites for hydroxylation is 2. The second kappa shape index (κ2) is 8.02. The van der Waals surface area contributed by atoms with Crippen LogP contribution >= 0.6 is 0 Å². The Morgan fingerprint density at radius 3 is 2.71 bits per heavy atom. The van der Waals surface area contributed by atoms with Crippen LogP contribution in [0.2, 0.25) is 0 Å². The summed E-state index contributed by atoms with van der Waals surface area (Å²) in [5, 5.41) is 4.00. The van der Waals surface area contributed by atoms with Crippen molar-refractivity contribution in [3.05, 3.63) is 53.2 Å². The van der Waals surface area contributed by atoms with Gasteiger partial charge in [-0.15, -0.1) is 0 Å². The van der Waals surface area contributed by atoms with E-state index < -0.39 is 0 Å². The molecule has 0 bridgehead atoms. The molecule has 0 radical (unpaired) electrons. The summed E-state index contributed by atoms with van der Waals surface area (Å²) in [6, 6.07) is 7.58. The van der Waals surface area contributed by atoms with Gasteiger partial charge in [0.2, 0.25) is 12.7 Å². The van der Waals surface area contributed by atoms with Gasteiger partial charge in [-0.2, -0.15) is 0 Å². The topological polar surface area (TPSA) is 90.6 Å². The van der Waals surface area contributed by atoms with Gasteiger partial charge in [-0.05, 0) is 44.4 Å². The Hall–Kier alpha value is -3.42. The molecule has 0 N–H and O–H groups in total. The molecular formula is C23H24N4O4. The van der Waals surface area contributed by atoms with Gasteiger partial charge in [0.25, 0.3) is 0 Å². The van der Waals surface area contributed by atoms with Gasteiger partial charge >= 0.3 is 0 Å². The molecule has 0 saturated carbocycles. The third kappa shape index (κ3) is 3.97. The van der Waals surface area contributed by atoms with Gasteiger partial charge < -0.3 is 18.9 Å². The first-order valence-corrected chi connectivity index (χ1v) is 10.5. The fourth-order valence-corrected chi connectivity index (χ4v) is 4.22. The molecule has 8 heteroatoms. The van der Waals surface area contributed by atoms with Gasteiger partial charge in [-0.3, -0.25) is 4.79 Å². The second-order valence-corrected chi connectivity index (χ2v) is 8.07. The third-order valence-electron chi connectivity index (χ3n) is 5.86. The minimum absolute atomic E-state index is 0.127. The molecule has 5 rings (SSSR count). The lowest BCUT2D eigenvalue weighted by Crippen LogP contribution is -2.39. The Morgan fingerprint density at radius 1 is 1.13 bits per heavy atom. The molecule has 0 atom stereocenters. The molecule has 4 heterocycles. The second-order valence-electron chi connectivity index (χ2n) is 8.07. The van der Waals surface area contributed by atoms with E-state index in [2.05, 4.69) is 10.1 Å². The van der Waals surface area contributed by atoms with Crippen LogP contribution in [0.5, 0.6) is 11.5 Å². The predicted octanol–water partition coefficient (Wildman–Crippen LogP) is 3.43. The Bertz CT molecular complexity index is 1120. The number of amides is 1. The average Bonchev–Trinajstić information content (AvgIpc) is 3.42. The number of carbonyl (C=O) groups excluding carboxylic acids is 1. The highest BCUT2D eigenvalue weighted by molar-refractivity contribution is 5.79. The number of likely N-dealkylation sites (tertiary alicyclic amines) is 1. The van der Waals surface area contributed by atoms with Crippen molar-refractivity contribution in [1.29, 1.82) is 0 Å². The minimum Gasteiger partial charge on any atom is -0.454 e.